The van der Waals surface area contributed by atoms with Gasteiger partial charge in [0, 0.05) is 10.8 Å². The van der Waals surface area contributed by atoms with Crippen molar-refractivity contribution in [2.75, 3.05) is 7.11 Å². The molecule has 3 aromatic rings. The molecule has 2 heteroatoms. The van der Waals surface area contributed by atoms with Gasteiger partial charge in [-0.05, 0) is 30.7 Å². The lowest BCUT2D eigenvalue weighted by Crippen LogP contribution is -1.85. The summed E-state index contributed by atoms with van der Waals surface area (Å²) in [7, 11) is 1.69. The maximum Gasteiger partial charge on any atom is 0.135 e. The van der Waals surface area contributed by atoms with Gasteiger partial charge in [-0.25, -0.2) is 0 Å². The minimum absolute atomic E-state index is 0.902. The molecule has 1 aromatic heterocycles. The number of ether oxygens (including phenoxy) is 1. The quantitative estimate of drug-likeness (QED) is 0.610. The summed E-state index contributed by atoms with van der Waals surface area (Å²) >= 11 is 0. The molecular formula is C14H12O2. The molecule has 16 heavy (non-hydrogen) atoms. The topological polar surface area (TPSA) is 22.4 Å². The van der Waals surface area contributed by atoms with Gasteiger partial charge in [0.25, 0.3) is 0 Å². The fraction of sp³-hybridized carbons (Fsp3) is 0.143. The van der Waals surface area contributed by atoms with Crippen LogP contribution in [-0.4, -0.2) is 7.11 Å². The van der Waals surface area contributed by atoms with Gasteiger partial charge < -0.3 is 9.15 Å². The van der Waals surface area contributed by atoms with Gasteiger partial charge in [0.1, 0.15) is 16.9 Å². The molecule has 0 amide bonds. The molecule has 0 atom stereocenters. The Labute approximate surface area is 93.4 Å². The molecule has 2 aromatic carbocycles. The Kier molecular flexibility index (Phi) is 1.90. The van der Waals surface area contributed by atoms with Crippen molar-refractivity contribution in [3.63, 3.8) is 0 Å². The van der Waals surface area contributed by atoms with Crippen LogP contribution in [0.1, 0.15) is 5.56 Å². The molecule has 0 fully saturated rings. The van der Waals surface area contributed by atoms with E-state index in [1.165, 1.54) is 0 Å². The van der Waals surface area contributed by atoms with Crippen molar-refractivity contribution in [3.8, 4) is 5.75 Å². The van der Waals surface area contributed by atoms with E-state index in [2.05, 4.69) is 6.07 Å². The van der Waals surface area contributed by atoms with Crippen LogP contribution in [0, 0.1) is 6.92 Å². The minimum Gasteiger partial charge on any atom is -0.496 e. The Morgan fingerprint density at radius 2 is 1.81 bits per heavy atom. The molecule has 0 saturated carbocycles. The van der Waals surface area contributed by atoms with Crippen LogP contribution < -0.4 is 4.74 Å². The monoisotopic (exact) mass is 212 g/mol. The summed E-state index contributed by atoms with van der Waals surface area (Å²) in [5.41, 5.74) is 2.93. The van der Waals surface area contributed by atoms with Gasteiger partial charge in [0.05, 0.1) is 7.11 Å². The lowest BCUT2D eigenvalue weighted by molar-refractivity contribution is 0.412. The first-order valence-electron chi connectivity index (χ1n) is 5.25. The lowest BCUT2D eigenvalue weighted by atomic mass is 10.1. The van der Waals surface area contributed by atoms with Crippen molar-refractivity contribution in [2.24, 2.45) is 0 Å². The Morgan fingerprint density at radius 3 is 2.62 bits per heavy atom. The number of methoxy groups -OCH3 is 1. The summed E-state index contributed by atoms with van der Waals surface area (Å²) in [6.45, 7) is 2.02. The molecule has 0 aliphatic heterocycles. The summed E-state index contributed by atoms with van der Waals surface area (Å²) in [6, 6.07) is 12.1. The molecule has 0 bridgehead atoms. The van der Waals surface area contributed by atoms with E-state index in [0.717, 1.165) is 33.3 Å². The van der Waals surface area contributed by atoms with Crippen LogP contribution in [0.25, 0.3) is 21.9 Å². The lowest BCUT2D eigenvalue weighted by Gasteiger charge is -2.03. The molecular weight excluding hydrogens is 200 g/mol. The second kappa shape index (κ2) is 3.27. The van der Waals surface area contributed by atoms with Crippen LogP contribution in [0.5, 0.6) is 5.75 Å². The van der Waals surface area contributed by atoms with E-state index in [1.54, 1.807) is 7.11 Å². The zero-order valence-electron chi connectivity index (χ0n) is 9.28. The van der Waals surface area contributed by atoms with Crippen molar-refractivity contribution < 1.29 is 9.15 Å². The minimum atomic E-state index is 0.902. The third-order valence-corrected chi connectivity index (χ3v) is 2.89. The molecule has 2 nitrogen and oxygen atoms in total. The van der Waals surface area contributed by atoms with Crippen molar-refractivity contribution in [3.05, 3.63) is 42.0 Å². The van der Waals surface area contributed by atoms with Crippen molar-refractivity contribution in [1.82, 2.24) is 0 Å². The van der Waals surface area contributed by atoms with Gasteiger partial charge in [0.2, 0.25) is 0 Å². The molecule has 0 saturated heterocycles. The normalized spacial score (nSPS) is 11.1. The molecule has 0 aliphatic carbocycles. The number of benzene rings is 2. The van der Waals surface area contributed by atoms with Crippen LogP contribution in [0.2, 0.25) is 0 Å². The van der Waals surface area contributed by atoms with Crippen molar-refractivity contribution >= 4 is 21.9 Å². The maximum absolute atomic E-state index is 5.78. The Balaban J connectivity index is 2.47. The Bertz CT molecular complexity index is 665. The van der Waals surface area contributed by atoms with E-state index in [1.807, 2.05) is 37.3 Å². The highest BCUT2D eigenvalue weighted by Gasteiger charge is 2.09. The number of hydrogen-bond donors (Lipinski definition) is 0. The first kappa shape index (κ1) is 9.28. The van der Waals surface area contributed by atoms with E-state index < -0.39 is 0 Å². The predicted octanol–water partition coefficient (Wildman–Crippen LogP) is 3.90. The number of furan rings is 1. The fourth-order valence-corrected chi connectivity index (χ4v) is 2.07. The van der Waals surface area contributed by atoms with Crippen LogP contribution in [0.15, 0.2) is 40.8 Å². The number of para-hydroxylation sites is 1. The summed E-state index contributed by atoms with van der Waals surface area (Å²) in [6.07, 6.45) is 0. The second-order valence-corrected chi connectivity index (χ2v) is 3.92. The maximum atomic E-state index is 5.78. The van der Waals surface area contributed by atoms with E-state index in [4.69, 9.17) is 9.15 Å². The molecule has 0 aliphatic rings. The Morgan fingerprint density at radius 1 is 1.00 bits per heavy atom. The number of rotatable bonds is 1. The predicted molar refractivity (Wildman–Crippen MR) is 65.0 cm³/mol. The van der Waals surface area contributed by atoms with Crippen LogP contribution >= 0.6 is 0 Å². The third kappa shape index (κ3) is 1.20. The summed E-state index contributed by atoms with van der Waals surface area (Å²) in [5.74, 6) is 0.902. The molecule has 0 radical (unpaired) electrons. The summed E-state index contributed by atoms with van der Waals surface area (Å²) < 4.78 is 11.1. The largest absolute Gasteiger partial charge is 0.496 e. The standard InChI is InChI=1S/C14H12O2/c1-9-7-14-11(8-13(9)15-2)10-5-3-4-6-12(10)16-14/h3-8H,1-2H3. The average Bonchev–Trinajstić information content (AvgIpc) is 2.65. The van der Waals surface area contributed by atoms with E-state index in [0.29, 0.717) is 0 Å². The molecule has 80 valence electrons. The molecule has 0 unspecified atom stereocenters. The number of fused-ring (bicyclic) bond motifs is 3. The van der Waals surface area contributed by atoms with Crippen LogP contribution in [0.4, 0.5) is 0 Å². The van der Waals surface area contributed by atoms with Crippen LogP contribution in [0.3, 0.4) is 0 Å². The van der Waals surface area contributed by atoms with Gasteiger partial charge in [-0.1, -0.05) is 18.2 Å². The Hall–Kier alpha value is -1.96. The SMILES string of the molecule is COc1cc2c(cc1C)oc1ccccc12. The van der Waals surface area contributed by atoms with E-state index >= 15 is 0 Å². The van der Waals surface area contributed by atoms with Crippen molar-refractivity contribution in [2.45, 2.75) is 6.92 Å². The summed E-state index contributed by atoms with van der Waals surface area (Å²) in [5, 5.41) is 2.24. The van der Waals surface area contributed by atoms with Gasteiger partial charge >= 0.3 is 0 Å². The highest BCUT2D eigenvalue weighted by molar-refractivity contribution is 6.05. The zero-order valence-corrected chi connectivity index (χ0v) is 9.28. The third-order valence-electron chi connectivity index (χ3n) is 2.89. The molecule has 1 heterocycles. The van der Waals surface area contributed by atoms with Crippen LogP contribution in [-0.2, 0) is 0 Å². The zero-order chi connectivity index (χ0) is 11.1. The van der Waals surface area contributed by atoms with E-state index in [-0.39, 0.29) is 0 Å². The highest BCUT2D eigenvalue weighted by atomic mass is 16.5. The molecule has 0 N–H and O–H groups in total. The highest BCUT2D eigenvalue weighted by Crippen LogP contribution is 2.33. The number of hydrogen-bond acceptors (Lipinski definition) is 2. The number of aryl methyl sites for hydroxylation is 1. The van der Waals surface area contributed by atoms with Gasteiger partial charge in [-0.3, -0.25) is 0 Å². The molecule has 0 spiro atoms. The summed E-state index contributed by atoms with van der Waals surface area (Å²) in [4.78, 5) is 0. The molecule has 3 rings (SSSR count). The van der Waals surface area contributed by atoms with Crippen molar-refractivity contribution in [1.29, 1.82) is 0 Å². The van der Waals surface area contributed by atoms with Gasteiger partial charge in [-0.2, -0.15) is 0 Å². The van der Waals surface area contributed by atoms with Gasteiger partial charge in [0.15, 0.2) is 0 Å². The fourth-order valence-electron chi connectivity index (χ4n) is 2.07. The second-order valence-electron chi connectivity index (χ2n) is 3.92. The van der Waals surface area contributed by atoms with Gasteiger partial charge in [-0.15, -0.1) is 0 Å². The first-order chi connectivity index (χ1) is 7.79. The first-order valence-corrected chi connectivity index (χ1v) is 5.25. The smallest absolute Gasteiger partial charge is 0.135 e. The van der Waals surface area contributed by atoms with E-state index in [9.17, 15) is 0 Å². The average molecular weight is 212 g/mol.